The second-order valence-electron chi connectivity index (χ2n) is 8.32. The van der Waals surface area contributed by atoms with Crippen molar-refractivity contribution in [2.24, 2.45) is 4.99 Å². The molecule has 160 valence electrons. The van der Waals surface area contributed by atoms with E-state index in [1.165, 1.54) is 0 Å². The van der Waals surface area contributed by atoms with Crippen molar-refractivity contribution < 1.29 is 14.3 Å². The molecule has 0 atom stereocenters. The quantitative estimate of drug-likeness (QED) is 0.581. The first-order chi connectivity index (χ1) is 13.6. The summed E-state index contributed by atoms with van der Waals surface area (Å²) in [6, 6.07) is 7.60. The van der Waals surface area contributed by atoms with Gasteiger partial charge in [-0.2, -0.15) is 0 Å². The minimum atomic E-state index is -0.487. The Morgan fingerprint density at radius 3 is 2.34 bits per heavy atom. The highest BCUT2D eigenvalue weighted by atomic mass is 16.6. The molecule has 0 bridgehead atoms. The van der Waals surface area contributed by atoms with Crippen LogP contribution in [-0.4, -0.2) is 73.1 Å². The summed E-state index contributed by atoms with van der Waals surface area (Å²) in [7, 11) is 3.47. The molecular formula is C21H33N5O3. The van der Waals surface area contributed by atoms with E-state index in [1.807, 2.05) is 52.0 Å². The average Bonchev–Trinajstić information content (AvgIpc) is 2.60. The summed E-state index contributed by atoms with van der Waals surface area (Å²) >= 11 is 0. The van der Waals surface area contributed by atoms with Crippen LogP contribution in [0.2, 0.25) is 0 Å². The zero-order valence-corrected chi connectivity index (χ0v) is 18.3. The van der Waals surface area contributed by atoms with Gasteiger partial charge in [0, 0.05) is 39.3 Å². The summed E-state index contributed by atoms with van der Waals surface area (Å²) in [5.74, 6) is 0.685. The van der Waals surface area contributed by atoms with Gasteiger partial charge in [0.05, 0.1) is 12.6 Å². The molecule has 0 saturated carbocycles. The zero-order valence-electron chi connectivity index (χ0n) is 18.3. The molecule has 8 heteroatoms. The first kappa shape index (κ1) is 22.5. The van der Waals surface area contributed by atoms with Gasteiger partial charge in [0.1, 0.15) is 5.60 Å². The molecule has 1 aliphatic rings. The number of amides is 2. The Bertz CT molecular complexity index is 732. The number of nitrogens with one attached hydrogen (secondary N) is 2. The molecule has 0 unspecified atom stereocenters. The van der Waals surface area contributed by atoms with Crippen molar-refractivity contribution in [3.8, 4) is 0 Å². The molecule has 1 aromatic rings. The van der Waals surface area contributed by atoms with Crippen molar-refractivity contribution in [3.05, 3.63) is 35.4 Å². The van der Waals surface area contributed by atoms with Crippen molar-refractivity contribution in [2.45, 2.75) is 45.9 Å². The Kier molecular flexibility index (Phi) is 7.47. The second-order valence-corrected chi connectivity index (χ2v) is 8.32. The van der Waals surface area contributed by atoms with Gasteiger partial charge in [-0.3, -0.25) is 4.79 Å². The van der Waals surface area contributed by atoms with Crippen LogP contribution in [-0.2, 0) is 11.3 Å². The van der Waals surface area contributed by atoms with E-state index in [0.29, 0.717) is 31.2 Å². The Hall–Kier alpha value is -2.77. The van der Waals surface area contributed by atoms with E-state index >= 15 is 0 Å². The standard InChI is InChI=1S/C21H33N5O3/c1-7-22-19(24-17-13-26(14-17)20(28)29-21(2,3)4)23-12-15-8-10-16(11-9-15)18(27)25(5)6/h8-11,17H,7,12-14H2,1-6H3,(H2,22,23,24). The first-order valence-corrected chi connectivity index (χ1v) is 9.92. The Balaban J connectivity index is 1.88. The number of rotatable bonds is 5. The minimum absolute atomic E-state index is 0.0189. The van der Waals surface area contributed by atoms with Crippen LogP contribution in [0.3, 0.4) is 0 Å². The third kappa shape index (κ3) is 6.96. The SMILES string of the molecule is CCNC(=NCc1ccc(C(=O)N(C)C)cc1)NC1CN(C(=O)OC(C)(C)C)C1. The molecule has 1 aromatic carbocycles. The Labute approximate surface area is 173 Å². The molecule has 0 aromatic heterocycles. The molecule has 1 saturated heterocycles. The minimum Gasteiger partial charge on any atom is -0.444 e. The van der Waals surface area contributed by atoms with Gasteiger partial charge < -0.3 is 25.2 Å². The second kappa shape index (κ2) is 9.62. The van der Waals surface area contributed by atoms with Gasteiger partial charge >= 0.3 is 6.09 Å². The van der Waals surface area contributed by atoms with Crippen LogP contribution in [0.15, 0.2) is 29.3 Å². The van der Waals surface area contributed by atoms with Crippen molar-refractivity contribution in [1.82, 2.24) is 20.4 Å². The van der Waals surface area contributed by atoms with Crippen LogP contribution in [0.25, 0.3) is 0 Å². The van der Waals surface area contributed by atoms with Gasteiger partial charge in [0.2, 0.25) is 0 Å². The van der Waals surface area contributed by atoms with Crippen molar-refractivity contribution in [3.63, 3.8) is 0 Å². The number of carbonyl (C=O) groups excluding carboxylic acids is 2. The fourth-order valence-electron chi connectivity index (χ4n) is 2.74. The topological polar surface area (TPSA) is 86.3 Å². The number of likely N-dealkylation sites (tertiary alicyclic amines) is 1. The zero-order chi connectivity index (χ0) is 21.6. The lowest BCUT2D eigenvalue weighted by molar-refractivity contribution is 0.00700. The molecule has 2 amide bonds. The normalized spacial score (nSPS) is 14.8. The summed E-state index contributed by atoms with van der Waals surface area (Å²) in [6.45, 7) is 9.99. The third-order valence-electron chi connectivity index (χ3n) is 4.25. The number of aliphatic imine (C=N–C) groups is 1. The molecule has 0 spiro atoms. The third-order valence-corrected chi connectivity index (χ3v) is 4.25. The summed E-state index contributed by atoms with van der Waals surface area (Å²) in [4.78, 5) is 31.8. The largest absolute Gasteiger partial charge is 0.444 e. The van der Waals surface area contributed by atoms with Crippen molar-refractivity contribution >= 4 is 18.0 Å². The maximum Gasteiger partial charge on any atom is 0.410 e. The summed E-state index contributed by atoms with van der Waals surface area (Å²) in [5.41, 5.74) is 1.18. The number of nitrogens with zero attached hydrogens (tertiary/aromatic N) is 3. The number of carbonyl (C=O) groups is 2. The van der Waals surface area contributed by atoms with Crippen LogP contribution in [0.4, 0.5) is 4.79 Å². The molecule has 2 rings (SSSR count). The van der Waals surface area contributed by atoms with Crippen LogP contribution in [0, 0.1) is 0 Å². The maximum atomic E-state index is 12.0. The van der Waals surface area contributed by atoms with Crippen molar-refractivity contribution in [1.29, 1.82) is 0 Å². The molecule has 29 heavy (non-hydrogen) atoms. The van der Waals surface area contributed by atoms with Crippen molar-refractivity contribution in [2.75, 3.05) is 33.7 Å². The fraction of sp³-hybridized carbons (Fsp3) is 0.571. The molecule has 0 radical (unpaired) electrons. The van der Waals surface area contributed by atoms with Crippen LogP contribution >= 0.6 is 0 Å². The molecule has 8 nitrogen and oxygen atoms in total. The molecule has 1 aliphatic heterocycles. The monoisotopic (exact) mass is 403 g/mol. The predicted octanol–water partition coefficient (Wildman–Crippen LogP) is 2.06. The Morgan fingerprint density at radius 2 is 1.83 bits per heavy atom. The number of guanidine groups is 1. The average molecular weight is 404 g/mol. The van der Waals surface area contributed by atoms with Gasteiger partial charge in [-0.05, 0) is 45.4 Å². The lowest BCUT2D eigenvalue weighted by atomic mass is 10.1. The molecule has 0 aliphatic carbocycles. The number of benzene rings is 1. The van der Waals surface area contributed by atoms with Crippen LogP contribution in [0.1, 0.15) is 43.6 Å². The van der Waals surface area contributed by atoms with Gasteiger partial charge in [-0.25, -0.2) is 9.79 Å². The van der Waals surface area contributed by atoms with Gasteiger partial charge in [-0.1, -0.05) is 12.1 Å². The van der Waals surface area contributed by atoms with E-state index in [1.54, 1.807) is 23.9 Å². The van der Waals surface area contributed by atoms with Gasteiger partial charge in [-0.15, -0.1) is 0 Å². The smallest absolute Gasteiger partial charge is 0.410 e. The lowest BCUT2D eigenvalue weighted by Crippen LogP contribution is -2.63. The van der Waals surface area contributed by atoms with E-state index in [2.05, 4.69) is 15.6 Å². The molecule has 1 heterocycles. The van der Waals surface area contributed by atoms with E-state index in [0.717, 1.165) is 12.1 Å². The fourth-order valence-corrected chi connectivity index (χ4v) is 2.74. The molecular weight excluding hydrogens is 370 g/mol. The summed E-state index contributed by atoms with van der Waals surface area (Å²) < 4.78 is 5.38. The maximum absolute atomic E-state index is 12.0. The van der Waals surface area contributed by atoms with Gasteiger partial charge in [0.15, 0.2) is 5.96 Å². The highest BCUT2D eigenvalue weighted by Gasteiger charge is 2.34. The van der Waals surface area contributed by atoms with E-state index in [9.17, 15) is 9.59 Å². The molecule has 2 N–H and O–H groups in total. The summed E-state index contributed by atoms with van der Waals surface area (Å²) in [5, 5.41) is 6.57. The summed E-state index contributed by atoms with van der Waals surface area (Å²) in [6.07, 6.45) is -0.287. The number of hydrogen-bond acceptors (Lipinski definition) is 4. The van der Waals surface area contributed by atoms with E-state index in [4.69, 9.17) is 4.74 Å². The van der Waals surface area contributed by atoms with Crippen LogP contribution < -0.4 is 10.6 Å². The van der Waals surface area contributed by atoms with Gasteiger partial charge in [0.25, 0.3) is 5.91 Å². The lowest BCUT2D eigenvalue weighted by Gasteiger charge is -2.40. The highest BCUT2D eigenvalue weighted by Crippen LogP contribution is 2.15. The Morgan fingerprint density at radius 1 is 1.21 bits per heavy atom. The van der Waals surface area contributed by atoms with Crippen LogP contribution in [0.5, 0.6) is 0 Å². The first-order valence-electron chi connectivity index (χ1n) is 9.92. The molecule has 1 fully saturated rings. The van der Waals surface area contributed by atoms with E-state index in [-0.39, 0.29) is 18.0 Å². The highest BCUT2D eigenvalue weighted by molar-refractivity contribution is 5.93. The van der Waals surface area contributed by atoms with E-state index < -0.39 is 5.60 Å². The predicted molar refractivity (Wildman–Crippen MR) is 114 cm³/mol. The number of ether oxygens (including phenoxy) is 1. The number of hydrogen-bond donors (Lipinski definition) is 2.